The molecule has 0 radical (unpaired) electrons. The number of nitrogens with two attached hydrogens (primary N) is 2. The fourth-order valence-electron chi connectivity index (χ4n) is 2.49. The molecule has 19 heavy (non-hydrogen) atoms. The number of carbonyl (C=O) groups is 1. The van der Waals surface area contributed by atoms with Crippen LogP contribution in [0.5, 0.6) is 0 Å². The van der Waals surface area contributed by atoms with Crippen LogP contribution in [0, 0.1) is 11.8 Å². The third kappa shape index (κ3) is 3.65. The first-order valence-corrected chi connectivity index (χ1v) is 6.66. The van der Waals surface area contributed by atoms with E-state index >= 15 is 0 Å². The lowest BCUT2D eigenvalue weighted by Gasteiger charge is -2.26. The molecule has 6 N–H and O–H groups in total. The van der Waals surface area contributed by atoms with Crippen LogP contribution >= 0.6 is 0 Å². The van der Waals surface area contributed by atoms with Gasteiger partial charge in [0.15, 0.2) is 0 Å². The highest BCUT2D eigenvalue weighted by Gasteiger charge is 2.25. The van der Waals surface area contributed by atoms with Gasteiger partial charge in [0.25, 0.3) is 0 Å². The molecule has 0 unspecified atom stereocenters. The largest absolute Gasteiger partial charge is 0.330 e. The fourth-order valence-corrected chi connectivity index (χ4v) is 2.49. The summed E-state index contributed by atoms with van der Waals surface area (Å²) in [6.07, 6.45) is 5.53. The van der Waals surface area contributed by atoms with Crippen LogP contribution in [0.1, 0.15) is 25.7 Å². The average Bonchev–Trinajstić information content (AvgIpc) is 2.47. The molecule has 1 aromatic rings. The van der Waals surface area contributed by atoms with E-state index in [0.717, 1.165) is 32.2 Å². The van der Waals surface area contributed by atoms with Crippen molar-refractivity contribution < 1.29 is 4.79 Å². The molecule has 0 aromatic carbocycles. The zero-order chi connectivity index (χ0) is 13.7. The number of amides is 1. The van der Waals surface area contributed by atoms with Crippen LogP contribution < -0.4 is 22.3 Å². The van der Waals surface area contributed by atoms with Crippen LogP contribution in [0.15, 0.2) is 18.3 Å². The zero-order valence-electron chi connectivity index (χ0n) is 10.9. The lowest BCUT2D eigenvalue weighted by molar-refractivity contribution is -0.121. The highest BCUT2D eigenvalue weighted by atomic mass is 16.1. The molecule has 1 heterocycles. The number of carbonyl (C=O) groups excluding carboxylic acids is 1. The van der Waals surface area contributed by atoms with Crippen molar-refractivity contribution in [1.29, 1.82) is 0 Å². The first kappa shape index (κ1) is 13.8. The summed E-state index contributed by atoms with van der Waals surface area (Å²) in [6, 6.07) is 3.47. The molecule has 104 valence electrons. The molecule has 0 atom stereocenters. The van der Waals surface area contributed by atoms with Crippen LogP contribution in [0.4, 0.5) is 11.5 Å². The van der Waals surface area contributed by atoms with Crippen LogP contribution in [0.25, 0.3) is 0 Å². The maximum atomic E-state index is 12.1. The monoisotopic (exact) mass is 263 g/mol. The predicted octanol–water partition coefficient (Wildman–Crippen LogP) is 1.07. The topological polar surface area (TPSA) is 106 Å². The summed E-state index contributed by atoms with van der Waals surface area (Å²) in [7, 11) is 0. The Labute approximate surface area is 112 Å². The predicted molar refractivity (Wildman–Crippen MR) is 75.2 cm³/mol. The number of rotatable bonds is 4. The molecule has 0 bridgehead atoms. The van der Waals surface area contributed by atoms with E-state index in [0.29, 0.717) is 17.4 Å². The number of nitrogens with one attached hydrogen (secondary N) is 2. The lowest BCUT2D eigenvalue weighted by atomic mass is 9.81. The van der Waals surface area contributed by atoms with E-state index in [2.05, 4.69) is 15.7 Å². The lowest BCUT2D eigenvalue weighted by Crippen LogP contribution is -2.29. The molecule has 1 aromatic heterocycles. The van der Waals surface area contributed by atoms with Gasteiger partial charge >= 0.3 is 0 Å². The van der Waals surface area contributed by atoms with Crippen molar-refractivity contribution in [3.63, 3.8) is 0 Å². The second-order valence-electron chi connectivity index (χ2n) is 5.02. The number of anilines is 2. The van der Waals surface area contributed by atoms with Crippen LogP contribution in [-0.4, -0.2) is 17.4 Å². The van der Waals surface area contributed by atoms with Gasteiger partial charge in [-0.15, -0.1) is 0 Å². The molecule has 1 saturated carbocycles. The minimum absolute atomic E-state index is 0.0737. The summed E-state index contributed by atoms with van der Waals surface area (Å²) >= 11 is 0. The summed E-state index contributed by atoms with van der Waals surface area (Å²) in [5, 5.41) is 2.91. The summed E-state index contributed by atoms with van der Waals surface area (Å²) in [6.45, 7) is 0.726. The molecule has 0 aliphatic heterocycles. The molecule has 2 rings (SSSR count). The summed E-state index contributed by atoms with van der Waals surface area (Å²) in [5.74, 6) is 6.56. The van der Waals surface area contributed by atoms with Gasteiger partial charge in [0, 0.05) is 23.9 Å². The van der Waals surface area contributed by atoms with Crippen molar-refractivity contribution in [2.24, 2.45) is 23.4 Å². The molecule has 6 heteroatoms. The van der Waals surface area contributed by atoms with Gasteiger partial charge in [-0.05, 0) is 44.2 Å². The third-order valence-electron chi connectivity index (χ3n) is 3.73. The van der Waals surface area contributed by atoms with Gasteiger partial charge in [-0.1, -0.05) is 0 Å². The maximum Gasteiger partial charge on any atom is 0.227 e. The Balaban J connectivity index is 1.90. The van der Waals surface area contributed by atoms with Crippen LogP contribution in [0.2, 0.25) is 0 Å². The molecule has 0 spiro atoms. The van der Waals surface area contributed by atoms with E-state index in [1.54, 1.807) is 18.3 Å². The Morgan fingerprint density at radius 1 is 1.37 bits per heavy atom. The van der Waals surface area contributed by atoms with E-state index in [9.17, 15) is 4.79 Å². The van der Waals surface area contributed by atoms with Crippen molar-refractivity contribution in [2.45, 2.75) is 25.7 Å². The van der Waals surface area contributed by atoms with Crippen molar-refractivity contribution in [3.8, 4) is 0 Å². The summed E-state index contributed by atoms with van der Waals surface area (Å²) in [5.41, 5.74) is 8.83. The number of pyridine rings is 1. The fraction of sp³-hybridized carbons (Fsp3) is 0.538. The highest BCUT2D eigenvalue weighted by molar-refractivity contribution is 5.92. The number of aromatic nitrogens is 1. The molecule has 6 nitrogen and oxygen atoms in total. The van der Waals surface area contributed by atoms with E-state index in [1.807, 2.05) is 0 Å². The molecular formula is C13H21N5O. The van der Waals surface area contributed by atoms with Gasteiger partial charge in [0.2, 0.25) is 5.91 Å². The molecular weight excluding hydrogens is 242 g/mol. The van der Waals surface area contributed by atoms with E-state index < -0.39 is 0 Å². The minimum Gasteiger partial charge on any atom is -0.330 e. The van der Waals surface area contributed by atoms with Gasteiger partial charge in [0.05, 0.1) is 0 Å². The first-order valence-electron chi connectivity index (χ1n) is 6.66. The Morgan fingerprint density at radius 2 is 2.11 bits per heavy atom. The molecule has 1 aliphatic rings. The summed E-state index contributed by atoms with van der Waals surface area (Å²) in [4.78, 5) is 16.1. The van der Waals surface area contributed by atoms with Gasteiger partial charge in [-0.3, -0.25) is 4.79 Å². The molecule has 1 fully saturated rings. The minimum atomic E-state index is 0.0737. The quantitative estimate of drug-likeness (QED) is 0.480. The second kappa shape index (κ2) is 6.49. The SMILES string of the molecule is NC[C@H]1CC[C@H](C(=O)Nc2ccnc(NN)c2)CC1. The van der Waals surface area contributed by atoms with Crippen molar-refractivity contribution in [2.75, 3.05) is 17.3 Å². The van der Waals surface area contributed by atoms with E-state index in [-0.39, 0.29) is 11.8 Å². The van der Waals surface area contributed by atoms with E-state index in [1.165, 1.54) is 0 Å². The standard InChI is InChI=1S/C13H21N5O/c14-8-9-1-3-10(4-2-9)13(19)17-11-5-6-16-12(7-11)18-15/h5-7,9-10H,1-4,8,14-15H2,(H2,16,17,18,19)/t9-,10-. The van der Waals surface area contributed by atoms with Crippen molar-refractivity contribution in [3.05, 3.63) is 18.3 Å². The maximum absolute atomic E-state index is 12.1. The van der Waals surface area contributed by atoms with Crippen LogP contribution in [0.3, 0.4) is 0 Å². The Morgan fingerprint density at radius 3 is 2.74 bits per heavy atom. The highest BCUT2D eigenvalue weighted by Crippen LogP contribution is 2.29. The Kier molecular flexibility index (Phi) is 4.70. The van der Waals surface area contributed by atoms with Gasteiger partial charge in [-0.25, -0.2) is 10.8 Å². The Bertz CT molecular complexity index is 429. The van der Waals surface area contributed by atoms with Crippen LogP contribution in [-0.2, 0) is 4.79 Å². The van der Waals surface area contributed by atoms with Gasteiger partial charge < -0.3 is 16.5 Å². The van der Waals surface area contributed by atoms with Crippen molar-refractivity contribution >= 4 is 17.4 Å². The number of hydrazine groups is 1. The molecule has 0 saturated heterocycles. The third-order valence-corrected chi connectivity index (χ3v) is 3.73. The number of nitrogens with zero attached hydrogens (tertiary/aromatic N) is 1. The second-order valence-corrected chi connectivity index (χ2v) is 5.02. The first-order chi connectivity index (χ1) is 9.22. The number of nitrogen functional groups attached to an aromatic ring is 1. The number of hydrogen-bond donors (Lipinski definition) is 4. The normalized spacial score (nSPS) is 22.8. The molecule has 1 amide bonds. The zero-order valence-corrected chi connectivity index (χ0v) is 10.9. The molecule has 1 aliphatic carbocycles. The Hall–Kier alpha value is -1.66. The van der Waals surface area contributed by atoms with Gasteiger partial charge in [0.1, 0.15) is 5.82 Å². The average molecular weight is 263 g/mol. The van der Waals surface area contributed by atoms with Gasteiger partial charge in [-0.2, -0.15) is 0 Å². The smallest absolute Gasteiger partial charge is 0.227 e. The van der Waals surface area contributed by atoms with E-state index in [4.69, 9.17) is 11.6 Å². The summed E-state index contributed by atoms with van der Waals surface area (Å²) < 4.78 is 0. The number of hydrogen-bond acceptors (Lipinski definition) is 5. The van der Waals surface area contributed by atoms with Crippen molar-refractivity contribution in [1.82, 2.24) is 4.98 Å².